The summed E-state index contributed by atoms with van der Waals surface area (Å²) in [4.78, 5) is 4.83. The second-order valence-corrected chi connectivity index (χ2v) is 4.79. The third-order valence-electron chi connectivity index (χ3n) is 3.89. The lowest BCUT2D eigenvalue weighted by Gasteiger charge is -2.47. The molecular weight excluding hydrogens is 218 g/mol. The molecule has 1 saturated heterocycles. The molecule has 0 amide bonds. The molecule has 1 unspecified atom stereocenters. The predicted octanol–water partition coefficient (Wildman–Crippen LogP) is -0.0398. The Kier molecular flexibility index (Phi) is 5.82. The first-order valence-electron chi connectivity index (χ1n) is 6.35. The topological polar surface area (TPSA) is 51.0 Å². The molecule has 0 bridgehead atoms. The van der Waals surface area contributed by atoms with Crippen molar-refractivity contribution < 1.29 is 9.47 Å². The number of rotatable bonds is 6. The predicted molar refractivity (Wildman–Crippen MR) is 69.0 cm³/mol. The van der Waals surface area contributed by atoms with Crippen molar-refractivity contribution in [2.75, 3.05) is 53.5 Å². The average Bonchev–Trinajstić information content (AvgIpc) is 2.39. The molecule has 102 valence electrons. The first-order chi connectivity index (χ1) is 8.12. The zero-order valence-electron chi connectivity index (χ0n) is 11.6. The summed E-state index contributed by atoms with van der Waals surface area (Å²) in [6.07, 6.45) is -0.277. The van der Waals surface area contributed by atoms with Crippen molar-refractivity contribution in [2.24, 2.45) is 5.73 Å². The van der Waals surface area contributed by atoms with Crippen LogP contribution in [-0.4, -0.2) is 75.1 Å². The van der Waals surface area contributed by atoms with E-state index in [4.69, 9.17) is 15.2 Å². The van der Waals surface area contributed by atoms with Gasteiger partial charge >= 0.3 is 0 Å². The quantitative estimate of drug-likeness (QED) is 0.666. The summed E-state index contributed by atoms with van der Waals surface area (Å²) in [7, 11) is 3.34. The second kappa shape index (κ2) is 6.66. The van der Waals surface area contributed by atoms with E-state index in [2.05, 4.69) is 23.6 Å². The van der Waals surface area contributed by atoms with Gasteiger partial charge in [0.15, 0.2) is 6.29 Å². The molecule has 5 heteroatoms. The van der Waals surface area contributed by atoms with Gasteiger partial charge < -0.3 is 20.1 Å². The van der Waals surface area contributed by atoms with Crippen molar-refractivity contribution in [3.8, 4) is 0 Å². The minimum absolute atomic E-state index is 0.247. The van der Waals surface area contributed by atoms with Gasteiger partial charge in [-0.1, -0.05) is 6.92 Å². The lowest BCUT2D eigenvalue weighted by atomic mass is 9.97. The zero-order valence-corrected chi connectivity index (χ0v) is 11.6. The van der Waals surface area contributed by atoms with Crippen LogP contribution in [0, 0.1) is 0 Å². The highest BCUT2D eigenvalue weighted by Gasteiger charge is 2.40. The highest BCUT2D eigenvalue weighted by molar-refractivity contribution is 4.93. The molecule has 1 atom stereocenters. The van der Waals surface area contributed by atoms with E-state index >= 15 is 0 Å². The zero-order chi connectivity index (χ0) is 12.9. The van der Waals surface area contributed by atoms with E-state index in [1.807, 2.05) is 0 Å². The van der Waals surface area contributed by atoms with E-state index in [1.54, 1.807) is 14.2 Å². The molecule has 0 saturated carbocycles. The van der Waals surface area contributed by atoms with Gasteiger partial charge in [-0.15, -0.1) is 0 Å². The summed E-state index contributed by atoms with van der Waals surface area (Å²) >= 11 is 0. The maximum atomic E-state index is 5.94. The number of nitrogens with zero attached hydrogens (tertiary/aromatic N) is 2. The number of piperazine rings is 1. The molecule has 1 aliphatic heterocycles. The van der Waals surface area contributed by atoms with Crippen LogP contribution in [-0.2, 0) is 9.47 Å². The number of nitrogens with two attached hydrogens (primary N) is 1. The Morgan fingerprint density at radius 2 is 1.71 bits per heavy atom. The molecule has 1 aliphatic rings. The van der Waals surface area contributed by atoms with Gasteiger partial charge in [0, 0.05) is 46.9 Å². The molecule has 0 aromatic carbocycles. The average molecular weight is 245 g/mol. The summed E-state index contributed by atoms with van der Waals surface area (Å²) in [6.45, 7) is 10.2. The van der Waals surface area contributed by atoms with Gasteiger partial charge in [0.2, 0.25) is 0 Å². The number of hydrogen-bond donors (Lipinski definition) is 1. The van der Waals surface area contributed by atoms with Crippen molar-refractivity contribution in [1.29, 1.82) is 0 Å². The molecule has 2 N–H and O–H groups in total. The number of hydrogen-bond acceptors (Lipinski definition) is 5. The molecule has 0 aromatic heterocycles. The summed E-state index contributed by atoms with van der Waals surface area (Å²) in [6, 6.07) is 0. The van der Waals surface area contributed by atoms with Crippen LogP contribution >= 0.6 is 0 Å². The first-order valence-corrected chi connectivity index (χ1v) is 6.35. The Bertz CT molecular complexity index is 216. The van der Waals surface area contributed by atoms with Crippen LogP contribution < -0.4 is 5.73 Å². The molecule has 1 fully saturated rings. The lowest BCUT2D eigenvalue weighted by Crippen LogP contribution is -2.64. The third kappa shape index (κ3) is 3.17. The standard InChI is InChI=1S/C12H27N3O2/c1-5-14-6-8-15(9-7-14)12(2,10-13)11(16-3)17-4/h11H,5-10,13H2,1-4H3. The van der Waals surface area contributed by atoms with E-state index in [9.17, 15) is 0 Å². The molecule has 1 heterocycles. The minimum atomic E-state index is -0.277. The largest absolute Gasteiger partial charge is 0.354 e. The molecular formula is C12H27N3O2. The number of methoxy groups -OCH3 is 2. The van der Waals surface area contributed by atoms with Crippen LogP contribution in [0.2, 0.25) is 0 Å². The molecule has 0 radical (unpaired) electrons. The third-order valence-corrected chi connectivity index (χ3v) is 3.89. The monoisotopic (exact) mass is 245 g/mol. The minimum Gasteiger partial charge on any atom is -0.354 e. The van der Waals surface area contributed by atoms with Crippen molar-refractivity contribution in [2.45, 2.75) is 25.7 Å². The van der Waals surface area contributed by atoms with Crippen LogP contribution in [0.3, 0.4) is 0 Å². The molecule has 0 aliphatic carbocycles. The maximum Gasteiger partial charge on any atom is 0.176 e. The number of likely N-dealkylation sites (N-methyl/N-ethyl adjacent to an activating group) is 1. The molecule has 0 spiro atoms. The van der Waals surface area contributed by atoms with Gasteiger partial charge in [0.1, 0.15) is 0 Å². The highest BCUT2D eigenvalue weighted by Crippen LogP contribution is 2.23. The summed E-state index contributed by atoms with van der Waals surface area (Å²) in [5.74, 6) is 0. The van der Waals surface area contributed by atoms with Crippen LogP contribution in [0.15, 0.2) is 0 Å². The van der Waals surface area contributed by atoms with Crippen molar-refractivity contribution in [3.63, 3.8) is 0 Å². The fourth-order valence-electron chi connectivity index (χ4n) is 2.55. The van der Waals surface area contributed by atoms with E-state index in [0.717, 1.165) is 32.7 Å². The van der Waals surface area contributed by atoms with Gasteiger partial charge in [-0.05, 0) is 13.5 Å². The Hall–Kier alpha value is -0.200. The summed E-state index contributed by atoms with van der Waals surface area (Å²) in [5, 5.41) is 0. The number of ether oxygens (including phenoxy) is 2. The van der Waals surface area contributed by atoms with Gasteiger partial charge in [0.05, 0.1) is 5.54 Å². The molecule has 0 aromatic rings. The molecule has 5 nitrogen and oxygen atoms in total. The lowest BCUT2D eigenvalue weighted by molar-refractivity contribution is -0.185. The fourth-order valence-corrected chi connectivity index (χ4v) is 2.55. The molecule has 1 rings (SSSR count). The van der Waals surface area contributed by atoms with Crippen molar-refractivity contribution >= 4 is 0 Å². The van der Waals surface area contributed by atoms with Crippen LogP contribution in [0.1, 0.15) is 13.8 Å². The normalized spacial score (nSPS) is 22.9. The Balaban J connectivity index is 2.67. The van der Waals surface area contributed by atoms with Crippen LogP contribution in [0.5, 0.6) is 0 Å². The maximum absolute atomic E-state index is 5.94. The highest BCUT2D eigenvalue weighted by atomic mass is 16.7. The van der Waals surface area contributed by atoms with Gasteiger partial charge in [-0.25, -0.2) is 0 Å². The SMILES string of the molecule is CCN1CCN(C(C)(CN)C(OC)OC)CC1. The summed E-state index contributed by atoms with van der Waals surface area (Å²) < 4.78 is 10.8. The van der Waals surface area contributed by atoms with Gasteiger partial charge in [0.25, 0.3) is 0 Å². The van der Waals surface area contributed by atoms with Gasteiger partial charge in [-0.3, -0.25) is 4.90 Å². The Labute approximate surface area is 105 Å². The van der Waals surface area contributed by atoms with E-state index in [-0.39, 0.29) is 11.8 Å². The van der Waals surface area contributed by atoms with E-state index < -0.39 is 0 Å². The van der Waals surface area contributed by atoms with Gasteiger partial charge in [-0.2, -0.15) is 0 Å². The Morgan fingerprint density at radius 1 is 1.18 bits per heavy atom. The fraction of sp³-hybridized carbons (Fsp3) is 1.00. The van der Waals surface area contributed by atoms with Crippen LogP contribution in [0.4, 0.5) is 0 Å². The van der Waals surface area contributed by atoms with E-state index in [0.29, 0.717) is 6.54 Å². The summed E-state index contributed by atoms with van der Waals surface area (Å²) in [5.41, 5.74) is 5.70. The van der Waals surface area contributed by atoms with Crippen molar-refractivity contribution in [1.82, 2.24) is 9.80 Å². The van der Waals surface area contributed by atoms with Crippen LogP contribution in [0.25, 0.3) is 0 Å². The first kappa shape index (κ1) is 14.9. The van der Waals surface area contributed by atoms with Crippen molar-refractivity contribution in [3.05, 3.63) is 0 Å². The smallest absolute Gasteiger partial charge is 0.176 e. The van der Waals surface area contributed by atoms with E-state index in [1.165, 1.54) is 0 Å². The second-order valence-electron chi connectivity index (χ2n) is 4.79. The molecule has 17 heavy (non-hydrogen) atoms. The Morgan fingerprint density at radius 3 is 2.06 bits per heavy atom.